The predicted octanol–water partition coefficient (Wildman–Crippen LogP) is 3.17. The standard InChI is InChI=1S/C21H28N4O2/c1-13-5-6-14(20(27)24-16-7-8-16)9-17(13)15-10-18(22-4)19(23-11-15)25-21(2,3)12-26/h5-6,9-11,16,22,26H,7-8,12H2,1-4H3,(H,23,25)(H,24,27). The SMILES string of the molecule is CNc1cc(-c2cc(C(=O)NC3CC3)ccc2C)cnc1NC(C)(C)CO. The second-order valence-corrected chi connectivity index (χ2v) is 7.81. The van der Waals surface area contributed by atoms with Gasteiger partial charge in [0.15, 0.2) is 0 Å². The molecule has 6 nitrogen and oxygen atoms in total. The zero-order valence-electron chi connectivity index (χ0n) is 16.4. The van der Waals surface area contributed by atoms with Crippen LogP contribution in [0.1, 0.15) is 42.6 Å². The second kappa shape index (κ2) is 7.56. The van der Waals surface area contributed by atoms with Crippen molar-refractivity contribution in [2.24, 2.45) is 0 Å². The zero-order valence-corrected chi connectivity index (χ0v) is 16.4. The molecule has 4 N–H and O–H groups in total. The molecule has 0 radical (unpaired) electrons. The summed E-state index contributed by atoms with van der Waals surface area (Å²) >= 11 is 0. The molecule has 1 amide bonds. The number of benzene rings is 1. The van der Waals surface area contributed by atoms with Crippen molar-refractivity contribution >= 4 is 17.4 Å². The number of anilines is 2. The van der Waals surface area contributed by atoms with Crippen molar-refractivity contribution < 1.29 is 9.90 Å². The number of hydrogen-bond donors (Lipinski definition) is 4. The fourth-order valence-electron chi connectivity index (χ4n) is 2.83. The van der Waals surface area contributed by atoms with E-state index in [4.69, 9.17) is 0 Å². The van der Waals surface area contributed by atoms with Gasteiger partial charge < -0.3 is 21.1 Å². The Balaban J connectivity index is 1.92. The van der Waals surface area contributed by atoms with Crippen molar-refractivity contribution in [3.05, 3.63) is 41.6 Å². The minimum atomic E-state index is -0.475. The number of aliphatic hydroxyl groups excluding tert-OH is 1. The lowest BCUT2D eigenvalue weighted by Crippen LogP contribution is -2.35. The van der Waals surface area contributed by atoms with Gasteiger partial charge in [0.2, 0.25) is 0 Å². The number of pyridine rings is 1. The van der Waals surface area contributed by atoms with E-state index in [1.807, 2.05) is 52.1 Å². The van der Waals surface area contributed by atoms with E-state index < -0.39 is 5.54 Å². The number of nitrogens with one attached hydrogen (secondary N) is 3. The molecule has 6 heteroatoms. The maximum Gasteiger partial charge on any atom is 0.251 e. The summed E-state index contributed by atoms with van der Waals surface area (Å²) in [6.07, 6.45) is 3.93. The molecule has 1 aromatic heterocycles. The Bertz CT molecular complexity index is 844. The van der Waals surface area contributed by atoms with Crippen molar-refractivity contribution in [2.75, 3.05) is 24.3 Å². The molecule has 27 heavy (non-hydrogen) atoms. The minimum Gasteiger partial charge on any atom is -0.394 e. The van der Waals surface area contributed by atoms with Crippen LogP contribution < -0.4 is 16.0 Å². The lowest BCUT2D eigenvalue weighted by molar-refractivity contribution is 0.0951. The van der Waals surface area contributed by atoms with Gasteiger partial charge in [0.1, 0.15) is 5.82 Å². The Morgan fingerprint density at radius 3 is 2.67 bits per heavy atom. The van der Waals surface area contributed by atoms with Crippen LogP contribution >= 0.6 is 0 Å². The molecule has 1 aliphatic carbocycles. The maximum atomic E-state index is 12.4. The molecule has 0 atom stereocenters. The number of nitrogens with zero attached hydrogens (tertiary/aromatic N) is 1. The third-order valence-corrected chi connectivity index (χ3v) is 4.73. The number of rotatable bonds is 7. The van der Waals surface area contributed by atoms with E-state index in [9.17, 15) is 9.90 Å². The summed E-state index contributed by atoms with van der Waals surface area (Å²) in [6, 6.07) is 8.10. The topological polar surface area (TPSA) is 86.3 Å². The lowest BCUT2D eigenvalue weighted by Gasteiger charge is -2.25. The first-order valence-corrected chi connectivity index (χ1v) is 9.31. The van der Waals surface area contributed by atoms with Gasteiger partial charge in [-0.1, -0.05) is 6.07 Å². The minimum absolute atomic E-state index is 0.00313. The predicted molar refractivity (Wildman–Crippen MR) is 109 cm³/mol. The molecule has 0 saturated heterocycles. The van der Waals surface area contributed by atoms with Gasteiger partial charge in [-0.05, 0) is 62.9 Å². The van der Waals surface area contributed by atoms with Crippen molar-refractivity contribution in [1.82, 2.24) is 10.3 Å². The van der Waals surface area contributed by atoms with Gasteiger partial charge in [-0.3, -0.25) is 4.79 Å². The Morgan fingerprint density at radius 2 is 2.04 bits per heavy atom. The number of carbonyl (C=O) groups excluding carboxylic acids is 1. The number of aryl methyl sites for hydroxylation is 1. The van der Waals surface area contributed by atoms with Crippen molar-refractivity contribution in [3.63, 3.8) is 0 Å². The van der Waals surface area contributed by atoms with Crippen LogP contribution in [0.15, 0.2) is 30.5 Å². The Morgan fingerprint density at radius 1 is 1.30 bits per heavy atom. The summed E-state index contributed by atoms with van der Waals surface area (Å²) in [4.78, 5) is 16.9. The van der Waals surface area contributed by atoms with Gasteiger partial charge in [0, 0.05) is 30.4 Å². The number of carbonyl (C=O) groups is 1. The average Bonchev–Trinajstić information content (AvgIpc) is 3.46. The number of hydrogen-bond acceptors (Lipinski definition) is 5. The zero-order chi connectivity index (χ0) is 19.6. The molecule has 1 saturated carbocycles. The highest BCUT2D eigenvalue weighted by Crippen LogP contribution is 2.31. The molecule has 1 fully saturated rings. The van der Waals surface area contributed by atoms with Gasteiger partial charge in [-0.25, -0.2) is 4.98 Å². The molecular formula is C21H28N4O2. The molecule has 0 unspecified atom stereocenters. The molecule has 1 heterocycles. The molecule has 144 valence electrons. The summed E-state index contributed by atoms with van der Waals surface area (Å²) in [7, 11) is 1.84. The van der Waals surface area contributed by atoms with Crippen molar-refractivity contribution in [3.8, 4) is 11.1 Å². The highest BCUT2D eigenvalue weighted by molar-refractivity contribution is 5.96. The van der Waals surface area contributed by atoms with Crippen LogP contribution in [0.4, 0.5) is 11.5 Å². The molecule has 3 rings (SSSR count). The monoisotopic (exact) mass is 368 g/mol. The van der Waals surface area contributed by atoms with Crippen LogP contribution in [-0.4, -0.2) is 41.2 Å². The molecule has 1 aromatic carbocycles. The van der Waals surface area contributed by atoms with E-state index in [1.165, 1.54) is 0 Å². The van der Waals surface area contributed by atoms with Gasteiger partial charge >= 0.3 is 0 Å². The van der Waals surface area contributed by atoms with Crippen LogP contribution in [0.25, 0.3) is 11.1 Å². The molecule has 0 aliphatic heterocycles. The summed E-state index contributed by atoms with van der Waals surface area (Å²) in [5.74, 6) is 0.657. The van der Waals surface area contributed by atoms with E-state index >= 15 is 0 Å². The van der Waals surface area contributed by atoms with Crippen LogP contribution in [0, 0.1) is 6.92 Å². The van der Waals surface area contributed by atoms with Crippen molar-refractivity contribution in [2.45, 2.75) is 45.2 Å². The average molecular weight is 368 g/mol. The Labute approximate surface area is 160 Å². The first-order valence-electron chi connectivity index (χ1n) is 9.31. The fraction of sp³-hybridized carbons (Fsp3) is 0.429. The van der Waals surface area contributed by atoms with Gasteiger partial charge in [0.05, 0.1) is 17.8 Å². The summed E-state index contributed by atoms with van der Waals surface area (Å²) in [5, 5.41) is 18.9. The fourth-order valence-corrected chi connectivity index (χ4v) is 2.83. The summed E-state index contributed by atoms with van der Waals surface area (Å²) in [6.45, 7) is 5.84. The van der Waals surface area contributed by atoms with E-state index in [-0.39, 0.29) is 12.5 Å². The third-order valence-electron chi connectivity index (χ3n) is 4.73. The second-order valence-electron chi connectivity index (χ2n) is 7.81. The summed E-state index contributed by atoms with van der Waals surface area (Å²) in [5.41, 5.74) is 4.02. The molecule has 2 aromatic rings. The number of amides is 1. The molecule has 1 aliphatic rings. The lowest BCUT2D eigenvalue weighted by atomic mass is 9.98. The molecule has 0 spiro atoms. The molecular weight excluding hydrogens is 340 g/mol. The van der Waals surface area contributed by atoms with Gasteiger partial charge in [-0.15, -0.1) is 0 Å². The first-order chi connectivity index (χ1) is 12.8. The largest absolute Gasteiger partial charge is 0.394 e. The highest BCUT2D eigenvalue weighted by Gasteiger charge is 2.24. The smallest absolute Gasteiger partial charge is 0.251 e. The molecule has 0 bridgehead atoms. The van der Waals surface area contributed by atoms with Crippen LogP contribution in [-0.2, 0) is 0 Å². The maximum absolute atomic E-state index is 12.4. The van der Waals surface area contributed by atoms with E-state index in [0.29, 0.717) is 17.4 Å². The first kappa shape index (κ1) is 19.2. The van der Waals surface area contributed by atoms with Crippen LogP contribution in [0.3, 0.4) is 0 Å². The van der Waals surface area contributed by atoms with E-state index in [1.54, 1.807) is 6.20 Å². The van der Waals surface area contributed by atoms with Gasteiger partial charge in [-0.2, -0.15) is 0 Å². The third kappa shape index (κ3) is 4.57. The number of aliphatic hydroxyl groups is 1. The van der Waals surface area contributed by atoms with Gasteiger partial charge in [0.25, 0.3) is 5.91 Å². The Kier molecular flexibility index (Phi) is 5.37. The van der Waals surface area contributed by atoms with E-state index in [2.05, 4.69) is 20.9 Å². The normalized spacial score (nSPS) is 14.0. The number of aromatic nitrogens is 1. The van der Waals surface area contributed by atoms with Crippen molar-refractivity contribution in [1.29, 1.82) is 0 Å². The highest BCUT2D eigenvalue weighted by atomic mass is 16.3. The quantitative estimate of drug-likeness (QED) is 0.603. The summed E-state index contributed by atoms with van der Waals surface area (Å²) < 4.78 is 0. The Hall–Kier alpha value is -2.60. The van der Waals surface area contributed by atoms with Crippen LogP contribution in [0.5, 0.6) is 0 Å². The van der Waals surface area contributed by atoms with Crippen LogP contribution in [0.2, 0.25) is 0 Å². The van der Waals surface area contributed by atoms with E-state index in [0.717, 1.165) is 35.2 Å².